The fourth-order valence-electron chi connectivity index (χ4n) is 7.27. The summed E-state index contributed by atoms with van der Waals surface area (Å²) in [6, 6.07) is 0. The number of carbonyl (C=O) groups is 2. The number of aliphatic hydroxyl groups excluding tert-OH is 1. The number of esters is 1. The molecule has 1 amide bonds. The second-order valence-corrected chi connectivity index (χ2v) is 18.9. The van der Waals surface area contributed by atoms with Gasteiger partial charge in [0.1, 0.15) is 12.7 Å². The van der Waals surface area contributed by atoms with Gasteiger partial charge < -0.3 is 20.1 Å². The number of rotatable bonds is 49. The van der Waals surface area contributed by atoms with Crippen molar-refractivity contribution in [2.45, 2.75) is 251 Å². The molecule has 0 aliphatic heterocycles. The third kappa shape index (κ3) is 50.8. The summed E-state index contributed by atoms with van der Waals surface area (Å²) in [5.41, 5.74) is 0. The molecular weight excluding hydrogens is 810 g/mol. The van der Waals surface area contributed by atoms with Gasteiger partial charge >= 0.3 is 13.8 Å². The number of hydrogen-bond acceptors (Lipinski definition) is 7. The topological polar surface area (TPSA) is 131 Å². The lowest BCUT2D eigenvalue weighted by Crippen LogP contribution is -2.27. The highest BCUT2D eigenvalue weighted by molar-refractivity contribution is 7.47. The van der Waals surface area contributed by atoms with Crippen LogP contribution in [0.15, 0.2) is 48.6 Å². The van der Waals surface area contributed by atoms with E-state index >= 15 is 0 Å². The molecule has 0 aliphatic rings. The minimum Gasteiger partial charge on any atom is -0.463 e. The highest BCUT2D eigenvalue weighted by Crippen LogP contribution is 2.42. The van der Waals surface area contributed by atoms with Gasteiger partial charge in [-0.05, 0) is 77.0 Å². The molecule has 0 radical (unpaired) electrons. The summed E-state index contributed by atoms with van der Waals surface area (Å²) in [5.74, 6) is -0.517. The van der Waals surface area contributed by atoms with Crippen LogP contribution in [0.25, 0.3) is 0 Å². The number of allylic oxidation sites excluding steroid dienone is 8. The number of phosphoric ester groups is 1. The molecule has 3 N–H and O–H groups in total. The third-order valence-corrected chi connectivity index (χ3v) is 12.2. The number of nitrogens with one attached hydrogen (secondary N) is 1. The Kier molecular flexibility index (Phi) is 47.8. The van der Waals surface area contributed by atoms with E-state index in [1.165, 1.54) is 167 Å². The Labute approximate surface area is 387 Å². The molecule has 0 spiro atoms. The van der Waals surface area contributed by atoms with Crippen molar-refractivity contribution in [2.24, 2.45) is 0 Å². The van der Waals surface area contributed by atoms with E-state index in [0.29, 0.717) is 6.42 Å². The predicted molar refractivity (Wildman–Crippen MR) is 266 cm³/mol. The van der Waals surface area contributed by atoms with Crippen LogP contribution in [0.4, 0.5) is 0 Å². The molecule has 0 aromatic heterocycles. The first-order valence-corrected chi connectivity index (χ1v) is 27.6. The van der Waals surface area contributed by atoms with Gasteiger partial charge in [-0.3, -0.25) is 18.6 Å². The van der Waals surface area contributed by atoms with Crippen molar-refractivity contribution in [3.63, 3.8) is 0 Å². The molecule has 10 heteroatoms. The van der Waals surface area contributed by atoms with E-state index < -0.39 is 26.5 Å². The summed E-state index contributed by atoms with van der Waals surface area (Å²) in [6.07, 6.45) is 59.0. The smallest absolute Gasteiger partial charge is 0.463 e. The van der Waals surface area contributed by atoms with E-state index in [1.54, 1.807) is 0 Å². The molecule has 0 rings (SSSR count). The molecule has 0 saturated carbocycles. The molecule has 63 heavy (non-hydrogen) atoms. The summed E-state index contributed by atoms with van der Waals surface area (Å²) >= 11 is 0. The van der Waals surface area contributed by atoms with E-state index in [2.05, 4.69) is 67.8 Å². The summed E-state index contributed by atoms with van der Waals surface area (Å²) in [4.78, 5) is 34.1. The Hall–Kier alpha value is -2.03. The average molecular weight is 908 g/mol. The van der Waals surface area contributed by atoms with Gasteiger partial charge in [-0.2, -0.15) is 0 Å². The van der Waals surface area contributed by atoms with Gasteiger partial charge in [-0.1, -0.05) is 204 Å². The van der Waals surface area contributed by atoms with Gasteiger partial charge in [0.25, 0.3) is 0 Å². The number of ether oxygens (including phenoxy) is 1. The van der Waals surface area contributed by atoms with E-state index in [9.17, 15) is 24.2 Å². The van der Waals surface area contributed by atoms with Crippen molar-refractivity contribution in [1.29, 1.82) is 0 Å². The number of aliphatic hydroxyl groups is 1. The van der Waals surface area contributed by atoms with Gasteiger partial charge in [0.2, 0.25) is 5.91 Å². The number of amides is 1. The second-order valence-electron chi connectivity index (χ2n) is 17.5. The highest BCUT2D eigenvalue weighted by atomic mass is 31.2. The van der Waals surface area contributed by atoms with Crippen LogP contribution in [0.5, 0.6) is 0 Å². The third-order valence-electron chi connectivity index (χ3n) is 11.2. The van der Waals surface area contributed by atoms with Crippen molar-refractivity contribution in [3.05, 3.63) is 48.6 Å². The summed E-state index contributed by atoms with van der Waals surface area (Å²) < 4.78 is 27.0. The van der Waals surface area contributed by atoms with E-state index in [4.69, 9.17) is 13.8 Å². The maximum Gasteiger partial charge on any atom is 0.472 e. The van der Waals surface area contributed by atoms with Crippen molar-refractivity contribution >= 4 is 19.7 Å². The Bertz CT molecular complexity index is 1170. The molecule has 9 nitrogen and oxygen atoms in total. The van der Waals surface area contributed by atoms with Crippen LogP contribution >= 0.6 is 7.82 Å². The maximum absolute atomic E-state index is 12.2. The fraction of sp³-hybridized carbons (Fsp3) is 0.811. The van der Waals surface area contributed by atoms with Crippen molar-refractivity contribution < 1.29 is 37.9 Å². The minimum atomic E-state index is -4.42. The lowest BCUT2D eigenvalue weighted by molar-refractivity contribution is -0.147. The fourth-order valence-corrected chi connectivity index (χ4v) is 8.02. The lowest BCUT2D eigenvalue weighted by Gasteiger charge is -2.15. The summed E-state index contributed by atoms with van der Waals surface area (Å²) in [5, 5.41) is 12.8. The zero-order valence-electron chi connectivity index (χ0n) is 40.8. The first-order chi connectivity index (χ1) is 30.8. The van der Waals surface area contributed by atoms with E-state index in [1.807, 2.05) is 0 Å². The number of carbonyl (C=O) groups excluding carboxylic acids is 2. The Balaban J connectivity index is 3.56. The van der Waals surface area contributed by atoms with Crippen molar-refractivity contribution in [3.8, 4) is 0 Å². The molecular formula is C53H98NO8P. The van der Waals surface area contributed by atoms with Gasteiger partial charge in [-0.15, -0.1) is 0 Å². The van der Waals surface area contributed by atoms with Gasteiger partial charge in [0, 0.05) is 19.4 Å². The largest absolute Gasteiger partial charge is 0.472 e. The Morgan fingerprint density at radius 2 is 0.857 bits per heavy atom. The SMILES string of the molecule is CCCCC/C=C\C/C=C\C/C=C\CCCCCCCCCCCCC(=O)OCC(O)COP(=O)(O)OCCNC(=O)CCCCCCCCCCC/C=C/CCCCCCCC. The van der Waals surface area contributed by atoms with Crippen molar-refractivity contribution in [2.75, 3.05) is 26.4 Å². The van der Waals surface area contributed by atoms with Crippen LogP contribution in [0.3, 0.4) is 0 Å². The Morgan fingerprint density at radius 3 is 1.33 bits per heavy atom. The summed E-state index contributed by atoms with van der Waals surface area (Å²) in [7, 11) is -4.42. The quantitative estimate of drug-likeness (QED) is 0.0238. The van der Waals surface area contributed by atoms with Crippen LogP contribution in [-0.2, 0) is 27.9 Å². The molecule has 0 aromatic rings. The molecule has 368 valence electrons. The van der Waals surface area contributed by atoms with Crippen LogP contribution in [-0.4, -0.2) is 54.3 Å². The zero-order chi connectivity index (χ0) is 46.0. The Morgan fingerprint density at radius 1 is 0.492 bits per heavy atom. The van der Waals surface area contributed by atoms with Crippen molar-refractivity contribution in [1.82, 2.24) is 5.32 Å². The van der Waals surface area contributed by atoms with Gasteiger partial charge in [-0.25, -0.2) is 4.57 Å². The second kappa shape index (κ2) is 49.4. The summed E-state index contributed by atoms with van der Waals surface area (Å²) in [6.45, 7) is 3.55. The first-order valence-electron chi connectivity index (χ1n) is 26.1. The van der Waals surface area contributed by atoms with E-state index in [0.717, 1.165) is 51.4 Å². The monoisotopic (exact) mass is 908 g/mol. The molecule has 0 bridgehead atoms. The number of phosphoric acid groups is 1. The van der Waals surface area contributed by atoms with Crippen LogP contribution < -0.4 is 5.32 Å². The standard InChI is InChI=1S/C53H98NO8P/c1-3-5-7-9-11-13-15-17-19-21-23-24-25-26-28-30-32-34-36-38-40-42-44-46-53(57)60-49-51(55)50-62-63(58,59)61-48-47-54-52(56)45-43-41-39-37-35-33-31-29-27-22-20-18-16-14-12-10-8-6-4-2/h11,13,17-20,23-24,51,55H,3-10,12,14-16,21-22,25-50H2,1-2H3,(H,54,56)(H,58,59)/b13-11-,19-17-,20-18+,24-23-. The zero-order valence-corrected chi connectivity index (χ0v) is 41.7. The maximum atomic E-state index is 12.2. The average Bonchev–Trinajstić information content (AvgIpc) is 3.27. The van der Waals surface area contributed by atoms with Crippen LogP contribution in [0.1, 0.15) is 245 Å². The molecule has 0 aromatic carbocycles. The number of hydrogen-bond donors (Lipinski definition) is 3. The highest BCUT2D eigenvalue weighted by Gasteiger charge is 2.23. The molecule has 2 unspecified atom stereocenters. The van der Waals surface area contributed by atoms with Gasteiger partial charge in [0.05, 0.1) is 13.2 Å². The predicted octanol–water partition coefficient (Wildman–Crippen LogP) is 15.4. The minimum absolute atomic E-state index is 0.0803. The van der Waals surface area contributed by atoms with Crippen LogP contribution in [0.2, 0.25) is 0 Å². The molecule has 0 saturated heterocycles. The lowest BCUT2D eigenvalue weighted by atomic mass is 10.1. The normalized spacial score (nSPS) is 13.5. The van der Waals surface area contributed by atoms with Crippen LogP contribution in [0, 0.1) is 0 Å². The molecule has 0 heterocycles. The molecule has 0 fully saturated rings. The first kappa shape index (κ1) is 61.0. The number of unbranched alkanes of at least 4 members (excludes halogenated alkanes) is 28. The molecule has 2 atom stereocenters. The molecule has 0 aliphatic carbocycles. The van der Waals surface area contributed by atoms with Gasteiger partial charge in [0.15, 0.2) is 0 Å². The van der Waals surface area contributed by atoms with E-state index in [-0.39, 0.29) is 32.1 Å².